The van der Waals surface area contributed by atoms with E-state index < -0.39 is 5.41 Å². The summed E-state index contributed by atoms with van der Waals surface area (Å²) in [4.78, 5) is 23.2. The molecule has 4 nitrogen and oxygen atoms in total. The maximum atomic E-state index is 12.0. The minimum atomic E-state index is -0.635. The maximum Gasteiger partial charge on any atom is 0.228 e. The van der Waals surface area contributed by atoms with E-state index in [4.69, 9.17) is 11.6 Å². The van der Waals surface area contributed by atoms with Gasteiger partial charge in [-0.2, -0.15) is 0 Å². The maximum absolute atomic E-state index is 12.0. The molecule has 5 heteroatoms. The highest BCUT2D eigenvalue weighted by molar-refractivity contribution is 6.30. The van der Waals surface area contributed by atoms with Gasteiger partial charge in [0.05, 0.1) is 5.41 Å². The summed E-state index contributed by atoms with van der Waals surface area (Å²) in [7, 11) is 0. The molecule has 2 rings (SSSR count). The smallest absolute Gasteiger partial charge is 0.228 e. The second kappa shape index (κ2) is 4.98. The Kier molecular flexibility index (Phi) is 3.57. The monoisotopic (exact) mass is 266 g/mol. The Hall–Kier alpha value is -1.55. The molecule has 1 unspecified atom stereocenters. The lowest BCUT2D eigenvalue weighted by Crippen LogP contribution is -2.39. The van der Waals surface area contributed by atoms with Crippen molar-refractivity contribution in [3.63, 3.8) is 0 Å². The van der Waals surface area contributed by atoms with E-state index in [9.17, 15) is 9.59 Å². The van der Waals surface area contributed by atoms with E-state index in [2.05, 4.69) is 10.6 Å². The summed E-state index contributed by atoms with van der Waals surface area (Å²) in [6, 6.07) is 7.29. The van der Waals surface area contributed by atoms with E-state index in [0.29, 0.717) is 18.1 Å². The third-order valence-corrected chi connectivity index (χ3v) is 3.39. The Balaban J connectivity index is 1.92. The van der Waals surface area contributed by atoms with Crippen molar-refractivity contribution in [2.75, 3.05) is 6.54 Å². The highest BCUT2D eigenvalue weighted by Gasteiger charge is 2.40. The number of rotatable bonds is 3. The lowest BCUT2D eigenvalue weighted by Gasteiger charge is -2.20. The van der Waals surface area contributed by atoms with Gasteiger partial charge < -0.3 is 10.6 Å². The molecule has 1 atom stereocenters. The van der Waals surface area contributed by atoms with E-state index >= 15 is 0 Å². The molecule has 1 aromatic rings. The van der Waals surface area contributed by atoms with Gasteiger partial charge in [-0.1, -0.05) is 23.7 Å². The number of nitrogens with one attached hydrogen (secondary N) is 2. The minimum Gasteiger partial charge on any atom is -0.355 e. The standard InChI is InChI=1S/C13H15ClN2O2/c1-13(6-11(17)16-8-13)12(18)15-7-9-2-4-10(14)5-3-9/h2-5H,6-8H2,1H3,(H,15,18)(H,16,17). The van der Waals surface area contributed by atoms with Gasteiger partial charge in [-0.15, -0.1) is 0 Å². The molecule has 0 spiro atoms. The number of amides is 2. The van der Waals surface area contributed by atoms with Crippen LogP contribution >= 0.6 is 11.6 Å². The molecule has 0 saturated carbocycles. The molecule has 1 aromatic carbocycles. The second-order valence-corrected chi connectivity index (χ2v) is 5.26. The average molecular weight is 267 g/mol. The fourth-order valence-corrected chi connectivity index (χ4v) is 2.06. The van der Waals surface area contributed by atoms with Crippen molar-refractivity contribution in [1.29, 1.82) is 0 Å². The molecule has 2 N–H and O–H groups in total. The van der Waals surface area contributed by atoms with Crippen molar-refractivity contribution in [3.8, 4) is 0 Å². The molecule has 1 heterocycles. The molecule has 2 amide bonds. The van der Waals surface area contributed by atoms with Crippen LogP contribution in [0.15, 0.2) is 24.3 Å². The molecule has 1 fully saturated rings. The van der Waals surface area contributed by atoms with Gasteiger partial charge in [0.1, 0.15) is 0 Å². The number of carbonyl (C=O) groups excluding carboxylic acids is 2. The number of carbonyl (C=O) groups is 2. The topological polar surface area (TPSA) is 58.2 Å². The first-order valence-corrected chi connectivity index (χ1v) is 6.17. The lowest BCUT2D eigenvalue weighted by atomic mass is 9.88. The number of hydrogen-bond acceptors (Lipinski definition) is 2. The van der Waals surface area contributed by atoms with Crippen molar-refractivity contribution < 1.29 is 9.59 Å². The van der Waals surface area contributed by atoms with Crippen LogP contribution in [0.4, 0.5) is 0 Å². The number of benzene rings is 1. The molecular weight excluding hydrogens is 252 g/mol. The molecular formula is C13H15ClN2O2. The van der Waals surface area contributed by atoms with Gasteiger partial charge in [-0.25, -0.2) is 0 Å². The van der Waals surface area contributed by atoms with Crippen LogP contribution < -0.4 is 10.6 Å². The van der Waals surface area contributed by atoms with Gasteiger partial charge in [0.15, 0.2) is 0 Å². The summed E-state index contributed by atoms with van der Waals surface area (Å²) < 4.78 is 0. The second-order valence-electron chi connectivity index (χ2n) is 4.82. The van der Waals surface area contributed by atoms with Crippen LogP contribution in [-0.2, 0) is 16.1 Å². The van der Waals surface area contributed by atoms with Gasteiger partial charge >= 0.3 is 0 Å². The summed E-state index contributed by atoms with van der Waals surface area (Å²) in [6.07, 6.45) is 0.249. The first-order valence-electron chi connectivity index (χ1n) is 5.79. The SMILES string of the molecule is CC1(C(=O)NCc2ccc(Cl)cc2)CNC(=O)C1. The van der Waals surface area contributed by atoms with E-state index in [0.717, 1.165) is 5.56 Å². The molecule has 0 bridgehead atoms. The zero-order valence-corrected chi connectivity index (χ0v) is 10.9. The molecule has 0 aliphatic carbocycles. The fourth-order valence-electron chi connectivity index (χ4n) is 1.93. The molecule has 18 heavy (non-hydrogen) atoms. The van der Waals surface area contributed by atoms with Crippen molar-refractivity contribution >= 4 is 23.4 Å². The van der Waals surface area contributed by atoms with Crippen LogP contribution in [0.2, 0.25) is 5.02 Å². The van der Waals surface area contributed by atoms with Gasteiger partial charge in [-0.3, -0.25) is 9.59 Å². The van der Waals surface area contributed by atoms with Crippen molar-refractivity contribution in [1.82, 2.24) is 10.6 Å². The lowest BCUT2D eigenvalue weighted by molar-refractivity contribution is -0.131. The zero-order chi connectivity index (χ0) is 13.2. The van der Waals surface area contributed by atoms with Gasteiger partial charge in [0.25, 0.3) is 0 Å². The molecule has 1 aliphatic heterocycles. The predicted molar refractivity (Wildman–Crippen MR) is 69.0 cm³/mol. The Morgan fingerprint density at radius 1 is 1.44 bits per heavy atom. The van der Waals surface area contributed by atoms with E-state index in [1.807, 2.05) is 12.1 Å². The fraction of sp³-hybridized carbons (Fsp3) is 0.385. The van der Waals surface area contributed by atoms with Gasteiger partial charge in [-0.05, 0) is 24.6 Å². The Bertz CT molecular complexity index is 472. The highest BCUT2D eigenvalue weighted by atomic mass is 35.5. The summed E-state index contributed by atoms with van der Waals surface area (Å²) in [5, 5.41) is 6.20. The van der Waals surface area contributed by atoms with Crippen LogP contribution in [0.5, 0.6) is 0 Å². The largest absolute Gasteiger partial charge is 0.355 e. The molecule has 0 aromatic heterocycles. The van der Waals surface area contributed by atoms with E-state index in [1.165, 1.54) is 0 Å². The Morgan fingerprint density at radius 3 is 2.67 bits per heavy atom. The molecule has 1 saturated heterocycles. The summed E-state index contributed by atoms with van der Waals surface area (Å²) >= 11 is 5.78. The van der Waals surface area contributed by atoms with Crippen LogP contribution in [0, 0.1) is 5.41 Å². The summed E-state index contributed by atoms with van der Waals surface area (Å²) in [5.41, 5.74) is 0.345. The average Bonchev–Trinajstić information content (AvgIpc) is 2.69. The third kappa shape index (κ3) is 2.82. The summed E-state index contributed by atoms with van der Waals surface area (Å²) in [5.74, 6) is -0.171. The minimum absolute atomic E-state index is 0.0702. The Labute approximate surface area is 111 Å². The van der Waals surface area contributed by atoms with Crippen molar-refractivity contribution in [2.45, 2.75) is 19.9 Å². The van der Waals surface area contributed by atoms with Crippen LogP contribution in [0.3, 0.4) is 0 Å². The Morgan fingerprint density at radius 2 is 2.11 bits per heavy atom. The van der Waals surface area contributed by atoms with Gasteiger partial charge in [0.2, 0.25) is 11.8 Å². The predicted octanol–water partition coefficient (Wildman–Crippen LogP) is 1.48. The molecule has 0 radical (unpaired) electrons. The first kappa shape index (κ1) is 12.9. The molecule has 1 aliphatic rings. The van der Waals surface area contributed by atoms with Crippen LogP contribution in [0.25, 0.3) is 0 Å². The van der Waals surface area contributed by atoms with Gasteiger partial charge in [0, 0.05) is 24.5 Å². The van der Waals surface area contributed by atoms with E-state index in [-0.39, 0.29) is 18.2 Å². The van der Waals surface area contributed by atoms with Crippen molar-refractivity contribution in [2.24, 2.45) is 5.41 Å². The number of hydrogen-bond donors (Lipinski definition) is 2. The normalized spacial score (nSPS) is 22.7. The zero-order valence-electron chi connectivity index (χ0n) is 10.1. The highest BCUT2D eigenvalue weighted by Crippen LogP contribution is 2.25. The van der Waals surface area contributed by atoms with Crippen LogP contribution in [-0.4, -0.2) is 18.4 Å². The van der Waals surface area contributed by atoms with E-state index in [1.54, 1.807) is 19.1 Å². The third-order valence-electron chi connectivity index (χ3n) is 3.14. The van der Waals surface area contributed by atoms with Crippen molar-refractivity contribution in [3.05, 3.63) is 34.9 Å². The quantitative estimate of drug-likeness (QED) is 0.871. The van der Waals surface area contributed by atoms with Crippen LogP contribution in [0.1, 0.15) is 18.9 Å². The molecule has 96 valence electrons. The number of halogens is 1. The summed E-state index contributed by atoms with van der Waals surface area (Å²) in [6.45, 7) is 2.64. The first-order chi connectivity index (χ1) is 8.49.